The fourth-order valence-corrected chi connectivity index (χ4v) is 3.01. The van der Waals surface area contributed by atoms with Gasteiger partial charge < -0.3 is 14.8 Å². The van der Waals surface area contributed by atoms with Gasteiger partial charge >= 0.3 is 0 Å². The van der Waals surface area contributed by atoms with Gasteiger partial charge in [-0.1, -0.05) is 20.8 Å². The maximum atomic E-state index is 5.40. The molecule has 0 spiro atoms. The van der Waals surface area contributed by atoms with E-state index in [-0.39, 0.29) is 5.41 Å². The van der Waals surface area contributed by atoms with Gasteiger partial charge in [0.15, 0.2) is 0 Å². The number of rotatable bonds is 5. The van der Waals surface area contributed by atoms with Crippen LogP contribution in [0.15, 0.2) is 30.3 Å². The molecule has 0 amide bonds. The summed E-state index contributed by atoms with van der Waals surface area (Å²) in [5.74, 6) is 1.59. The van der Waals surface area contributed by atoms with Crippen LogP contribution in [0.4, 0.5) is 5.69 Å². The average Bonchev–Trinajstić information content (AvgIpc) is 2.94. The molecular weight excluding hydrogens is 282 g/mol. The summed E-state index contributed by atoms with van der Waals surface area (Å²) >= 11 is 1.85. The van der Waals surface area contributed by atoms with E-state index in [0.717, 1.165) is 23.7 Å². The van der Waals surface area contributed by atoms with Crippen molar-refractivity contribution in [1.82, 2.24) is 0 Å². The molecule has 0 bridgehead atoms. The van der Waals surface area contributed by atoms with Crippen LogP contribution in [0, 0.1) is 0 Å². The maximum Gasteiger partial charge on any atom is 0.145 e. The average molecular weight is 305 g/mol. The highest BCUT2D eigenvalue weighted by atomic mass is 32.1. The van der Waals surface area contributed by atoms with Crippen LogP contribution in [0.5, 0.6) is 11.5 Å². The summed E-state index contributed by atoms with van der Waals surface area (Å²) in [5, 5.41) is 3.43. The van der Waals surface area contributed by atoms with Crippen LogP contribution in [0.3, 0.4) is 0 Å². The smallest absolute Gasteiger partial charge is 0.145 e. The first-order chi connectivity index (χ1) is 9.94. The molecule has 114 valence electrons. The first-order valence-electron chi connectivity index (χ1n) is 6.99. The van der Waals surface area contributed by atoms with E-state index in [0.29, 0.717) is 0 Å². The molecule has 1 aromatic carbocycles. The third kappa shape index (κ3) is 3.91. The Bertz CT molecular complexity index is 599. The van der Waals surface area contributed by atoms with Crippen molar-refractivity contribution in [3.8, 4) is 11.5 Å². The SMILES string of the molecule is COc1ccc(NCc2ccc(C(C)(C)C)s2)c(OC)c1. The third-order valence-corrected chi connectivity index (χ3v) is 4.77. The highest BCUT2D eigenvalue weighted by Gasteiger charge is 2.16. The van der Waals surface area contributed by atoms with E-state index in [4.69, 9.17) is 9.47 Å². The zero-order valence-corrected chi connectivity index (χ0v) is 14.1. The topological polar surface area (TPSA) is 30.5 Å². The van der Waals surface area contributed by atoms with E-state index in [1.807, 2.05) is 29.5 Å². The van der Waals surface area contributed by atoms with Crippen molar-refractivity contribution in [3.05, 3.63) is 40.1 Å². The highest BCUT2D eigenvalue weighted by molar-refractivity contribution is 7.12. The van der Waals surface area contributed by atoms with E-state index in [1.54, 1.807) is 14.2 Å². The Kier molecular flexibility index (Phi) is 4.78. The maximum absolute atomic E-state index is 5.40. The third-order valence-electron chi connectivity index (χ3n) is 3.26. The molecular formula is C17H23NO2S. The van der Waals surface area contributed by atoms with Crippen LogP contribution >= 0.6 is 11.3 Å². The van der Waals surface area contributed by atoms with E-state index < -0.39 is 0 Å². The minimum Gasteiger partial charge on any atom is -0.497 e. The molecule has 2 rings (SSSR count). The van der Waals surface area contributed by atoms with Gasteiger partial charge in [-0.25, -0.2) is 0 Å². The Morgan fingerprint density at radius 1 is 1.05 bits per heavy atom. The predicted octanol–water partition coefficient (Wildman–Crippen LogP) is 4.67. The lowest BCUT2D eigenvalue weighted by atomic mass is 9.95. The molecule has 0 radical (unpaired) electrons. The molecule has 0 fully saturated rings. The summed E-state index contributed by atoms with van der Waals surface area (Å²) < 4.78 is 10.6. The van der Waals surface area contributed by atoms with Gasteiger partial charge in [0.25, 0.3) is 0 Å². The van der Waals surface area contributed by atoms with Crippen LogP contribution in [-0.4, -0.2) is 14.2 Å². The first kappa shape index (κ1) is 15.7. The van der Waals surface area contributed by atoms with E-state index in [2.05, 4.69) is 38.2 Å². The van der Waals surface area contributed by atoms with Gasteiger partial charge in [-0.15, -0.1) is 11.3 Å². The summed E-state index contributed by atoms with van der Waals surface area (Å²) in [6, 6.07) is 10.2. The Hall–Kier alpha value is -1.68. The van der Waals surface area contributed by atoms with Crippen molar-refractivity contribution < 1.29 is 9.47 Å². The molecule has 1 heterocycles. The zero-order valence-electron chi connectivity index (χ0n) is 13.3. The van der Waals surface area contributed by atoms with E-state index >= 15 is 0 Å². The molecule has 2 aromatic rings. The van der Waals surface area contributed by atoms with E-state index in [9.17, 15) is 0 Å². The van der Waals surface area contributed by atoms with Crippen LogP contribution in [0.1, 0.15) is 30.5 Å². The molecule has 0 aliphatic rings. The number of nitrogens with one attached hydrogen (secondary N) is 1. The molecule has 21 heavy (non-hydrogen) atoms. The number of thiophene rings is 1. The quantitative estimate of drug-likeness (QED) is 0.870. The van der Waals surface area contributed by atoms with Crippen molar-refractivity contribution in [3.63, 3.8) is 0 Å². The van der Waals surface area contributed by atoms with Crippen molar-refractivity contribution in [2.75, 3.05) is 19.5 Å². The van der Waals surface area contributed by atoms with E-state index in [1.165, 1.54) is 9.75 Å². The Balaban J connectivity index is 2.08. The lowest BCUT2D eigenvalue weighted by molar-refractivity contribution is 0.395. The van der Waals surface area contributed by atoms with Gasteiger partial charge in [0.05, 0.1) is 19.9 Å². The second-order valence-electron chi connectivity index (χ2n) is 5.94. The van der Waals surface area contributed by atoms with Crippen molar-refractivity contribution in [2.45, 2.75) is 32.7 Å². The number of hydrogen-bond acceptors (Lipinski definition) is 4. The Morgan fingerprint density at radius 2 is 1.81 bits per heavy atom. The number of hydrogen-bond donors (Lipinski definition) is 1. The molecule has 0 aliphatic heterocycles. The molecule has 1 aromatic heterocycles. The molecule has 3 nitrogen and oxygen atoms in total. The second-order valence-corrected chi connectivity index (χ2v) is 7.10. The van der Waals surface area contributed by atoms with Gasteiger partial charge in [-0.2, -0.15) is 0 Å². The minimum atomic E-state index is 0.209. The Morgan fingerprint density at radius 3 is 2.38 bits per heavy atom. The normalized spacial score (nSPS) is 11.3. The fraction of sp³-hybridized carbons (Fsp3) is 0.412. The Labute approximate surface area is 130 Å². The first-order valence-corrected chi connectivity index (χ1v) is 7.81. The molecule has 0 saturated heterocycles. The van der Waals surface area contributed by atoms with Gasteiger partial charge in [-0.05, 0) is 29.7 Å². The van der Waals surface area contributed by atoms with Crippen LogP contribution in [0.25, 0.3) is 0 Å². The summed E-state index contributed by atoms with van der Waals surface area (Å²) in [5.41, 5.74) is 1.18. The molecule has 1 N–H and O–H groups in total. The molecule has 0 aliphatic carbocycles. The van der Waals surface area contributed by atoms with Crippen molar-refractivity contribution in [2.24, 2.45) is 0 Å². The summed E-state index contributed by atoms with van der Waals surface area (Å²) in [6.45, 7) is 7.51. The fourth-order valence-electron chi connectivity index (χ4n) is 2.00. The minimum absolute atomic E-state index is 0.209. The molecule has 0 atom stereocenters. The zero-order chi connectivity index (χ0) is 15.5. The number of ether oxygens (including phenoxy) is 2. The molecule has 0 unspecified atom stereocenters. The van der Waals surface area contributed by atoms with Crippen molar-refractivity contribution >= 4 is 17.0 Å². The van der Waals surface area contributed by atoms with Gasteiger partial charge in [0.2, 0.25) is 0 Å². The van der Waals surface area contributed by atoms with Gasteiger partial charge in [0, 0.05) is 22.4 Å². The monoisotopic (exact) mass is 305 g/mol. The molecule has 0 saturated carbocycles. The summed E-state index contributed by atoms with van der Waals surface area (Å²) in [7, 11) is 3.32. The number of benzene rings is 1. The number of anilines is 1. The number of methoxy groups -OCH3 is 2. The summed E-state index contributed by atoms with van der Waals surface area (Å²) in [4.78, 5) is 2.72. The van der Waals surface area contributed by atoms with Crippen molar-refractivity contribution in [1.29, 1.82) is 0 Å². The lowest BCUT2D eigenvalue weighted by Gasteiger charge is -2.15. The van der Waals surface area contributed by atoms with Crippen LogP contribution < -0.4 is 14.8 Å². The van der Waals surface area contributed by atoms with Gasteiger partial charge in [-0.3, -0.25) is 0 Å². The largest absolute Gasteiger partial charge is 0.497 e. The summed E-state index contributed by atoms with van der Waals surface area (Å²) in [6.07, 6.45) is 0. The van der Waals surface area contributed by atoms with Crippen LogP contribution in [-0.2, 0) is 12.0 Å². The highest BCUT2D eigenvalue weighted by Crippen LogP contribution is 2.32. The predicted molar refractivity (Wildman–Crippen MR) is 89.9 cm³/mol. The standard InChI is InChI=1S/C17H23NO2S/c1-17(2,3)16-9-7-13(21-16)11-18-14-8-6-12(19-4)10-15(14)20-5/h6-10,18H,11H2,1-5H3. The van der Waals surface area contributed by atoms with Gasteiger partial charge in [0.1, 0.15) is 11.5 Å². The molecule has 4 heteroatoms. The second kappa shape index (κ2) is 6.39. The van der Waals surface area contributed by atoms with Crippen LogP contribution in [0.2, 0.25) is 0 Å². The lowest BCUT2D eigenvalue weighted by Crippen LogP contribution is -2.07.